The lowest BCUT2D eigenvalue weighted by Crippen LogP contribution is -2.01. The summed E-state index contributed by atoms with van der Waals surface area (Å²) in [6, 6.07) is 12.2. The fourth-order valence-corrected chi connectivity index (χ4v) is 2.64. The van der Waals surface area contributed by atoms with Crippen LogP contribution in [0.3, 0.4) is 0 Å². The average Bonchev–Trinajstić information content (AvgIpc) is 2.61. The molecule has 0 amide bonds. The monoisotopic (exact) mass is 202 g/mol. The third-order valence-electron chi connectivity index (χ3n) is 2.34. The van der Waals surface area contributed by atoms with E-state index >= 15 is 0 Å². The molecule has 0 aromatic heterocycles. The quantitative estimate of drug-likeness (QED) is 0.759. The Kier molecular flexibility index (Phi) is 2.47. The van der Waals surface area contributed by atoms with Crippen molar-refractivity contribution in [1.29, 1.82) is 5.26 Å². The van der Waals surface area contributed by atoms with Crippen molar-refractivity contribution in [3.63, 3.8) is 0 Å². The maximum absolute atomic E-state index is 8.97. The molecule has 1 aromatic rings. The van der Waals surface area contributed by atoms with Gasteiger partial charge in [-0.1, -0.05) is 30.3 Å². The lowest BCUT2D eigenvalue weighted by Gasteiger charge is -2.08. The fourth-order valence-electron chi connectivity index (χ4n) is 1.59. The molecule has 0 fully saturated rings. The summed E-state index contributed by atoms with van der Waals surface area (Å²) in [6.07, 6.45) is 0. The molecule has 0 saturated heterocycles. The Morgan fingerprint density at radius 3 is 2.71 bits per heavy atom. The Morgan fingerprint density at radius 2 is 2.07 bits per heavy atom. The number of hydrogen-bond acceptors (Lipinski definition) is 3. The van der Waals surface area contributed by atoms with Crippen LogP contribution in [0, 0.1) is 11.3 Å². The van der Waals surface area contributed by atoms with Gasteiger partial charge in [0.25, 0.3) is 0 Å². The molecule has 0 aliphatic carbocycles. The number of thioether (sulfide) groups is 1. The topological polar surface area (TPSA) is 49.8 Å². The molecule has 1 aliphatic rings. The minimum Gasteiger partial charge on any atom is -0.393 e. The number of benzene rings is 1. The molecule has 1 atom stereocenters. The molecule has 2 N–H and O–H groups in total. The number of nitrogens with two attached hydrogens (primary N) is 1. The second kappa shape index (κ2) is 3.77. The summed E-state index contributed by atoms with van der Waals surface area (Å²) >= 11 is 1.57. The van der Waals surface area contributed by atoms with Gasteiger partial charge in [-0.25, -0.2) is 0 Å². The third-order valence-corrected chi connectivity index (χ3v) is 3.37. The van der Waals surface area contributed by atoms with E-state index in [1.807, 2.05) is 30.3 Å². The predicted octanol–water partition coefficient (Wildman–Crippen LogP) is 2.21. The summed E-state index contributed by atoms with van der Waals surface area (Å²) in [4.78, 5) is 0. The summed E-state index contributed by atoms with van der Waals surface area (Å²) in [5.74, 6) is 1.07. The van der Waals surface area contributed by atoms with Crippen molar-refractivity contribution in [3.05, 3.63) is 46.5 Å². The summed E-state index contributed by atoms with van der Waals surface area (Å²) in [6.45, 7) is 0. The molecule has 0 saturated carbocycles. The Hall–Kier alpha value is -1.40. The van der Waals surface area contributed by atoms with Crippen LogP contribution in [0.1, 0.15) is 11.5 Å². The van der Waals surface area contributed by atoms with Crippen LogP contribution in [-0.2, 0) is 0 Å². The van der Waals surface area contributed by atoms with Crippen molar-refractivity contribution >= 4 is 11.8 Å². The summed E-state index contributed by atoms with van der Waals surface area (Å²) in [5, 5.41) is 9.65. The van der Waals surface area contributed by atoms with E-state index in [-0.39, 0.29) is 5.92 Å². The van der Waals surface area contributed by atoms with Gasteiger partial charge in [0.2, 0.25) is 0 Å². The lowest BCUT2D eigenvalue weighted by molar-refractivity contribution is 0.951. The van der Waals surface area contributed by atoms with Gasteiger partial charge in [0, 0.05) is 11.7 Å². The molecule has 0 spiro atoms. The van der Waals surface area contributed by atoms with Crippen molar-refractivity contribution in [1.82, 2.24) is 0 Å². The van der Waals surface area contributed by atoms with Gasteiger partial charge < -0.3 is 5.73 Å². The molecular formula is C11H10N2S. The van der Waals surface area contributed by atoms with Crippen LogP contribution in [0.25, 0.3) is 0 Å². The molecule has 0 bridgehead atoms. The van der Waals surface area contributed by atoms with Crippen LogP contribution in [-0.4, -0.2) is 5.75 Å². The third kappa shape index (κ3) is 1.49. The summed E-state index contributed by atoms with van der Waals surface area (Å²) in [7, 11) is 0. The minimum atomic E-state index is 0.186. The molecule has 2 rings (SSSR count). The largest absolute Gasteiger partial charge is 0.393 e. The molecule has 0 radical (unpaired) electrons. The van der Waals surface area contributed by atoms with Crippen LogP contribution in [0.5, 0.6) is 0 Å². The zero-order chi connectivity index (χ0) is 9.97. The highest BCUT2D eigenvalue weighted by molar-refractivity contribution is 8.03. The standard InChI is InChI=1S/C11H10N2S/c12-6-9-10(7-14-11(9)13)8-4-2-1-3-5-8/h1-5,10H,7,13H2. The molecule has 3 heteroatoms. The molecule has 2 nitrogen and oxygen atoms in total. The van der Waals surface area contributed by atoms with E-state index in [1.165, 1.54) is 5.56 Å². The Balaban J connectivity index is 2.35. The summed E-state index contributed by atoms with van der Waals surface area (Å²) < 4.78 is 0. The van der Waals surface area contributed by atoms with E-state index in [0.29, 0.717) is 5.03 Å². The van der Waals surface area contributed by atoms with Crippen LogP contribution in [0.15, 0.2) is 40.9 Å². The van der Waals surface area contributed by atoms with Gasteiger partial charge in [-0.05, 0) is 5.56 Å². The van der Waals surface area contributed by atoms with Crippen LogP contribution in [0.2, 0.25) is 0 Å². The van der Waals surface area contributed by atoms with Gasteiger partial charge in [-0.3, -0.25) is 0 Å². The molecule has 1 aliphatic heterocycles. The van der Waals surface area contributed by atoms with Crippen molar-refractivity contribution in [2.24, 2.45) is 5.73 Å². The highest BCUT2D eigenvalue weighted by Crippen LogP contribution is 2.38. The Morgan fingerprint density at radius 1 is 1.36 bits per heavy atom. The smallest absolute Gasteiger partial charge is 0.0981 e. The molecule has 14 heavy (non-hydrogen) atoms. The number of nitrogens with zero attached hydrogens (tertiary/aromatic N) is 1. The number of rotatable bonds is 1. The van der Waals surface area contributed by atoms with Gasteiger partial charge in [0.05, 0.1) is 16.7 Å². The van der Waals surface area contributed by atoms with Gasteiger partial charge in [0.1, 0.15) is 0 Å². The molecule has 1 heterocycles. The molecule has 1 unspecified atom stereocenters. The van der Waals surface area contributed by atoms with Crippen LogP contribution < -0.4 is 5.73 Å². The van der Waals surface area contributed by atoms with E-state index < -0.39 is 0 Å². The van der Waals surface area contributed by atoms with Crippen LogP contribution in [0.4, 0.5) is 0 Å². The second-order valence-corrected chi connectivity index (χ2v) is 4.23. The van der Waals surface area contributed by atoms with Crippen molar-refractivity contribution in [3.8, 4) is 6.07 Å². The normalized spacial score (nSPS) is 20.9. The molecule has 70 valence electrons. The van der Waals surface area contributed by atoms with Crippen molar-refractivity contribution < 1.29 is 0 Å². The maximum Gasteiger partial charge on any atom is 0.0981 e. The zero-order valence-corrected chi connectivity index (χ0v) is 8.42. The fraction of sp³-hybridized carbons (Fsp3) is 0.182. The highest BCUT2D eigenvalue weighted by atomic mass is 32.2. The Labute approximate surface area is 87.4 Å². The number of hydrogen-bond donors (Lipinski definition) is 1. The molecule has 1 aromatic carbocycles. The van der Waals surface area contributed by atoms with Gasteiger partial charge in [0.15, 0.2) is 0 Å². The van der Waals surface area contributed by atoms with Gasteiger partial charge >= 0.3 is 0 Å². The van der Waals surface area contributed by atoms with Crippen molar-refractivity contribution in [2.45, 2.75) is 5.92 Å². The SMILES string of the molecule is N#CC1=C(N)SCC1c1ccccc1. The lowest BCUT2D eigenvalue weighted by atomic mass is 9.94. The number of nitriles is 1. The second-order valence-electron chi connectivity index (χ2n) is 3.16. The van der Waals surface area contributed by atoms with Gasteiger partial charge in [-0.15, -0.1) is 11.8 Å². The minimum absolute atomic E-state index is 0.186. The predicted molar refractivity (Wildman–Crippen MR) is 58.5 cm³/mol. The van der Waals surface area contributed by atoms with Crippen LogP contribution >= 0.6 is 11.8 Å². The highest BCUT2D eigenvalue weighted by Gasteiger charge is 2.25. The first-order valence-electron chi connectivity index (χ1n) is 4.40. The van der Waals surface area contributed by atoms with E-state index in [0.717, 1.165) is 11.3 Å². The van der Waals surface area contributed by atoms with Crippen molar-refractivity contribution in [2.75, 3.05) is 5.75 Å². The average molecular weight is 202 g/mol. The molecular weight excluding hydrogens is 192 g/mol. The van der Waals surface area contributed by atoms with E-state index in [2.05, 4.69) is 6.07 Å². The first-order valence-corrected chi connectivity index (χ1v) is 5.39. The zero-order valence-electron chi connectivity index (χ0n) is 7.60. The summed E-state index contributed by atoms with van der Waals surface area (Å²) in [5.41, 5.74) is 7.64. The Bertz CT molecular complexity index is 403. The van der Waals surface area contributed by atoms with E-state index in [4.69, 9.17) is 11.0 Å². The number of allylic oxidation sites excluding steroid dienone is 1. The van der Waals surface area contributed by atoms with E-state index in [1.54, 1.807) is 11.8 Å². The first-order chi connectivity index (χ1) is 6.83. The van der Waals surface area contributed by atoms with E-state index in [9.17, 15) is 0 Å². The van der Waals surface area contributed by atoms with Gasteiger partial charge in [-0.2, -0.15) is 5.26 Å². The maximum atomic E-state index is 8.97. The first kappa shape index (κ1) is 9.17.